The molecule has 0 bridgehead atoms. The summed E-state index contributed by atoms with van der Waals surface area (Å²) >= 11 is 2.19. The van der Waals surface area contributed by atoms with Crippen LogP contribution in [0.15, 0.2) is 51.5 Å². The minimum absolute atomic E-state index is 0.0159. The van der Waals surface area contributed by atoms with Crippen LogP contribution in [-0.4, -0.2) is 105 Å². The Kier molecular flexibility index (Phi) is 9.54. The van der Waals surface area contributed by atoms with Crippen LogP contribution in [0.3, 0.4) is 0 Å². The number of hydrogen-bond donors (Lipinski definition) is 6. The largest absolute Gasteiger partial charge is 0.503 e. The molecule has 4 rings (SSSR count). The van der Waals surface area contributed by atoms with Crippen molar-refractivity contribution in [2.75, 3.05) is 24.6 Å². The van der Waals surface area contributed by atoms with E-state index in [9.17, 15) is 44.5 Å². The van der Waals surface area contributed by atoms with E-state index in [1.165, 1.54) is 37.1 Å². The van der Waals surface area contributed by atoms with E-state index in [-0.39, 0.29) is 47.6 Å². The van der Waals surface area contributed by atoms with Gasteiger partial charge < -0.3 is 36.4 Å². The number of nitrogens with one attached hydrogen (secondary N) is 1. The second kappa shape index (κ2) is 13.0. The SMILES string of the molecule is C=CCN(CC1=C(C(=O)O)N2C(=O)[C@@H](NC(=O)/C(=N\OC(C)(C)C(=O)O)c3csc(N)n3)[C@H]2SC1)Cc1cc(=O)c(O)cn1O. The van der Waals surface area contributed by atoms with Crippen LogP contribution < -0.4 is 16.5 Å². The first-order valence-corrected chi connectivity index (χ1v) is 15.0. The van der Waals surface area contributed by atoms with Crippen molar-refractivity contribution < 1.29 is 44.5 Å². The van der Waals surface area contributed by atoms with Crippen LogP contribution in [0.1, 0.15) is 25.2 Å². The summed E-state index contributed by atoms with van der Waals surface area (Å²) in [4.78, 5) is 74.1. The Morgan fingerprint density at radius 1 is 1.31 bits per heavy atom. The zero-order valence-corrected chi connectivity index (χ0v) is 25.5. The zero-order chi connectivity index (χ0) is 33.2. The number of nitrogens with zero attached hydrogens (tertiary/aromatic N) is 5. The van der Waals surface area contributed by atoms with E-state index in [0.29, 0.717) is 10.3 Å². The maximum atomic E-state index is 13.3. The monoisotopic (exact) mass is 663 g/mol. The zero-order valence-electron chi connectivity index (χ0n) is 23.9. The lowest BCUT2D eigenvalue weighted by atomic mass is 10.0. The van der Waals surface area contributed by atoms with E-state index >= 15 is 0 Å². The third kappa shape index (κ3) is 6.94. The van der Waals surface area contributed by atoms with Gasteiger partial charge in [-0.25, -0.2) is 14.6 Å². The first-order valence-electron chi connectivity index (χ1n) is 13.0. The first kappa shape index (κ1) is 33.0. The van der Waals surface area contributed by atoms with Crippen LogP contribution in [0, 0.1) is 0 Å². The van der Waals surface area contributed by atoms with Crippen molar-refractivity contribution >= 4 is 57.7 Å². The summed E-state index contributed by atoms with van der Waals surface area (Å²) < 4.78 is 0.586. The summed E-state index contributed by atoms with van der Waals surface area (Å²) in [5.74, 6) is -4.86. The van der Waals surface area contributed by atoms with Crippen molar-refractivity contribution in [1.29, 1.82) is 0 Å². The van der Waals surface area contributed by atoms with E-state index < -0.39 is 57.7 Å². The van der Waals surface area contributed by atoms with Crippen LogP contribution in [0.5, 0.6) is 5.75 Å². The Hall–Kier alpha value is -4.88. The predicted molar refractivity (Wildman–Crippen MR) is 161 cm³/mol. The number of carboxylic acid groups (broad SMARTS) is 2. The van der Waals surface area contributed by atoms with Crippen molar-refractivity contribution in [3.8, 4) is 5.75 Å². The highest BCUT2D eigenvalue weighted by atomic mass is 32.2. The molecule has 2 atom stereocenters. The molecular weight excluding hydrogens is 634 g/mol. The van der Waals surface area contributed by atoms with E-state index in [0.717, 1.165) is 28.5 Å². The van der Waals surface area contributed by atoms with E-state index in [1.54, 1.807) is 4.90 Å². The number of thioether (sulfide) groups is 1. The number of fused-ring (bicyclic) bond motifs is 1. The third-order valence-corrected chi connectivity index (χ3v) is 8.69. The fourth-order valence-electron chi connectivity index (χ4n) is 4.35. The molecule has 0 spiro atoms. The van der Waals surface area contributed by atoms with Gasteiger partial charge in [-0.3, -0.25) is 24.2 Å². The maximum Gasteiger partial charge on any atom is 0.352 e. The average molecular weight is 664 g/mol. The van der Waals surface area contributed by atoms with Gasteiger partial charge >= 0.3 is 11.9 Å². The summed E-state index contributed by atoms with van der Waals surface area (Å²) in [7, 11) is 0. The number of oxime groups is 1. The number of β-lactam (4-membered cyclic amide) rings is 1. The van der Waals surface area contributed by atoms with Gasteiger partial charge in [-0.05, 0) is 19.4 Å². The molecule has 2 aromatic rings. The molecule has 2 aliphatic heterocycles. The average Bonchev–Trinajstić information content (AvgIpc) is 3.39. The molecule has 1 fully saturated rings. The number of thiazole rings is 1. The van der Waals surface area contributed by atoms with Gasteiger partial charge in [-0.15, -0.1) is 29.7 Å². The van der Waals surface area contributed by atoms with Crippen LogP contribution in [0.2, 0.25) is 0 Å². The fraction of sp³-hybridized carbons (Fsp3) is 0.346. The van der Waals surface area contributed by atoms with Gasteiger partial charge in [0.05, 0.1) is 11.9 Å². The number of nitrogens with two attached hydrogens (primary N) is 1. The smallest absolute Gasteiger partial charge is 0.352 e. The molecule has 0 aliphatic carbocycles. The summed E-state index contributed by atoms with van der Waals surface area (Å²) in [5, 5.41) is 46.0. The molecule has 4 heterocycles. The van der Waals surface area contributed by atoms with E-state index in [1.807, 2.05) is 0 Å². The van der Waals surface area contributed by atoms with Crippen LogP contribution in [-0.2, 0) is 30.6 Å². The standard InChI is InChI=1S/C26H29N7O10S2/c1-4-5-31(8-13-6-15(34)16(35)9-32(13)42)7-12-10-44-22-18(21(37)33(22)19(12)23(38)39)29-20(36)17(14-11-45-25(27)28-14)30-43-26(2,3)24(40)41/h4,6,9,11,18,22,35,42H,1,5,7-8,10H2,2-3H3,(H2,27,28)(H,29,36)(H,38,39)(H,40,41)/b30-17-/t18-,22-/m1/s1. The van der Waals surface area contributed by atoms with Gasteiger partial charge in [0.15, 0.2) is 16.6 Å². The van der Waals surface area contributed by atoms with Crippen molar-refractivity contribution in [2.45, 2.75) is 37.4 Å². The fourth-order valence-corrected chi connectivity index (χ4v) is 6.24. The second-order valence-electron chi connectivity index (χ2n) is 10.4. The summed E-state index contributed by atoms with van der Waals surface area (Å²) in [6.45, 7) is 6.33. The Morgan fingerprint density at radius 3 is 2.62 bits per heavy atom. The number of pyridine rings is 1. The molecule has 2 amide bonds. The quantitative estimate of drug-likeness (QED) is 0.0536. The number of hydrogen-bond acceptors (Lipinski definition) is 14. The second-order valence-corrected chi connectivity index (χ2v) is 12.3. The number of carbonyl (C=O) groups is 4. The number of carboxylic acids is 2. The number of amides is 2. The van der Waals surface area contributed by atoms with Gasteiger partial charge in [-0.2, -0.15) is 4.73 Å². The van der Waals surface area contributed by atoms with Crippen molar-refractivity contribution in [2.24, 2.45) is 5.16 Å². The van der Waals surface area contributed by atoms with Gasteiger partial charge in [-0.1, -0.05) is 11.2 Å². The van der Waals surface area contributed by atoms with Crippen molar-refractivity contribution in [3.63, 3.8) is 0 Å². The van der Waals surface area contributed by atoms with Gasteiger partial charge in [0.1, 0.15) is 22.8 Å². The molecule has 2 aliphatic rings. The van der Waals surface area contributed by atoms with E-state index in [2.05, 4.69) is 22.0 Å². The minimum atomic E-state index is -1.80. The van der Waals surface area contributed by atoms with Crippen LogP contribution >= 0.6 is 23.1 Å². The first-order chi connectivity index (χ1) is 21.1. The summed E-state index contributed by atoms with van der Waals surface area (Å²) in [6, 6.07) is -0.113. The summed E-state index contributed by atoms with van der Waals surface area (Å²) in [5.41, 5.74) is 2.92. The lowest BCUT2D eigenvalue weighted by Gasteiger charge is -2.49. The minimum Gasteiger partial charge on any atom is -0.503 e. The number of aromatic hydroxyl groups is 1. The van der Waals surface area contributed by atoms with Gasteiger partial charge in [0.2, 0.25) is 11.0 Å². The number of nitrogen functional groups attached to an aromatic ring is 1. The molecule has 2 aromatic heterocycles. The molecule has 240 valence electrons. The summed E-state index contributed by atoms with van der Waals surface area (Å²) in [6.07, 6.45) is 2.38. The highest BCUT2D eigenvalue weighted by Crippen LogP contribution is 2.40. The molecule has 1 saturated heterocycles. The lowest BCUT2D eigenvalue weighted by Crippen LogP contribution is -2.71. The molecule has 0 unspecified atom stereocenters. The number of aromatic nitrogens is 2. The molecule has 0 saturated carbocycles. The normalized spacial score (nSPS) is 18.3. The Bertz CT molecular complexity index is 1680. The number of anilines is 1. The Morgan fingerprint density at radius 2 is 2.02 bits per heavy atom. The van der Waals surface area contributed by atoms with Crippen LogP contribution in [0.25, 0.3) is 0 Å². The number of aliphatic carboxylic acids is 2. The van der Waals surface area contributed by atoms with E-state index in [4.69, 9.17) is 10.6 Å². The molecule has 0 aromatic carbocycles. The topological polar surface area (TPSA) is 250 Å². The van der Waals surface area contributed by atoms with Gasteiger partial charge in [0.25, 0.3) is 11.8 Å². The molecule has 0 radical (unpaired) electrons. The van der Waals surface area contributed by atoms with Crippen LogP contribution in [0.4, 0.5) is 5.13 Å². The molecule has 17 nitrogen and oxygen atoms in total. The van der Waals surface area contributed by atoms with Gasteiger partial charge in [0, 0.05) is 36.8 Å². The Labute approximate surface area is 262 Å². The predicted octanol–water partition coefficient (Wildman–Crippen LogP) is -0.159. The molecule has 45 heavy (non-hydrogen) atoms. The lowest BCUT2D eigenvalue weighted by molar-refractivity contribution is -0.161. The molecular formula is C26H29N7O10S2. The van der Waals surface area contributed by atoms with Crippen molar-refractivity contribution in [1.82, 2.24) is 24.8 Å². The molecule has 19 heteroatoms. The third-order valence-electron chi connectivity index (χ3n) is 6.67. The highest BCUT2D eigenvalue weighted by molar-refractivity contribution is 8.00. The number of carbonyl (C=O) groups excluding carboxylic acids is 2. The molecule has 7 N–H and O–H groups in total. The maximum absolute atomic E-state index is 13.3. The Balaban J connectivity index is 1.55. The highest BCUT2D eigenvalue weighted by Gasteiger charge is 2.54. The number of rotatable bonds is 13. The van der Waals surface area contributed by atoms with Crippen molar-refractivity contribution in [3.05, 3.63) is 63.2 Å².